The number of aliphatic hydroxyl groups is 1. The fourth-order valence-electron chi connectivity index (χ4n) is 2.43. The van der Waals surface area contributed by atoms with Gasteiger partial charge >= 0.3 is 0 Å². The molecular weight excluding hydrogens is 406 g/mol. The zero-order valence-corrected chi connectivity index (χ0v) is 16.4. The van der Waals surface area contributed by atoms with Crippen molar-refractivity contribution in [2.75, 3.05) is 18.5 Å². The highest BCUT2D eigenvalue weighted by atomic mass is 79.9. The molecule has 0 saturated carbocycles. The van der Waals surface area contributed by atoms with Crippen molar-refractivity contribution in [3.63, 3.8) is 0 Å². The summed E-state index contributed by atoms with van der Waals surface area (Å²) >= 11 is 3.40. The highest BCUT2D eigenvalue weighted by Gasteiger charge is 2.06. The molecule has 0 bridgehead atoms. The molecule has 3 aromatic carbocycles. The molecule has 3 aromatic rings. The number of hydrogen-bond donors (Lipinski definition) is 2. The third kappa shape index (κ3) is 6.62. The van der Waals surface area contributed by atoms with E-state index in [0.29, 0.717) is 18.9 Å². The lowest BCUT2D eigenvalue weighted by Crippen LogP contribution is -2.26. The molecule has 0 saturated heterocycles. The van der Waals surface area contributed by atoms with Gasteiger partial charge < -0.3 is 19.9 Å². The van der Waals surface area contributed by atoms with Gasteiger partial charge in [0.1, 0.15) is 30.8 Å². The number of benzene rings is 3. The summed E-state index contributed by atoms with van der Waals surface area (Å²) in [6.07, 6.45) is -0.609. The Kier molecular flexibility index (Phi) is 7.13. The molecule has 0 aliphatic rings. The van der Waals surface area contributed by atoms with Gasteiger partial charge in [-0.1, -0.05) is 46.3 Å². The minimum atomic E-state index is -0.609. The molecular formula is C22H22BrNO3. The molecule has 140 valence electrons. The van der Waals surface area contributed by atoms with Crippen molar-refractivity contribution in [2.24, 2.45) is 0 Å². The van der Waals surface area contributed by atoms with E-state index < -0.39 is 6.10 Å². The highest BCUT2D eigenvalue weighted by Crippen LogP contribution is 2.19. The van der Waals surface area contributed by atoms with Gasteiger partial charge in [0.25, 0.3) is 0 Å². The van der Waals surface area contributed by atoms with Crippen LogP contribution in [0.4, 0.5) is 5.69 Å². The summed E-state index contributed by atoms with van der Waals surface area (Å²) in [5, 5.41) is 13.2. The second-order valence-electron chi connectivity index (χ2n) is 6.10. The van der Waals surface area contributed by atoms with Crippen LogP contribution in [0.2, 0.25) is 0 Å². The van der Waals surface area contributed by atoms with Crippen LogP contribution in [-0.4, -0.2) is 24.4 Å². The first-order valence-electron chi connectivity index (χ1n) is 8.76. The summed E-state index contributed by atoms with van der Waals surface area (Å²) in [4.78, 5) is 0. The van der Waals surface area contributed by atoms with Crippen LogP contribution in [0.25, 0.3) is 0 Å². The lowest BCUT2D eigenvalue weighted by Gasteiger charge is -2.14. The molecule has 0 aliphatic carbocycles. The maximum atomic E-state index is 10.1. The Balaban J connectivity index is 1.39. The number of hydrogen-bond acceptors (Lipinski definition) is 4. The van der Waals surface area contributed by atoms with E-state index in [2.05, 4.69) is 21.2 Å². The van der Waals surface area contributed by atoms with Crippen LogP contribution in [0.1, 0.15) is 5.56 Å². The molecule has 0 unspecified atom stereocenters. The van der Waals surface area contributed by atoms with Crippen LogP contribution in [0.3, 0.4) is 0 Å². The van der Waals surface area contributed by atoms with Crippen molar-refractivity contribution in [2.45, 2.75) is 12.7 Å². The molecule has 5 heteroatoms. The van der Waals surface area contributed by atoms with Crippen LogP contribution >= 0.6 is 15.9 Å². The molecule has 3 rings (SSSR count). The molecule has 0 heterocycles. The van der Waals surface area contributed by atoms with Crippen LogP contribution < -0.4 is 14.8 Å². The molecule has 0 radical (unpaired) electrons. The molecule has 2 N–H and O–H groups in total. The topological polar surface area (TPSA) is 50.7 Å². The number of rotatable bonds is 9. The fraction of sp³-hybridized carbons (Fsp3) is 0.182. The first-order chi connectivity index (χ1) is 13.2. The molecule has 27 heavy (non-hydrogen) atoms. The second kappa shape index (κ2) is 10.00. The minimum Gasteiger partial charge on any atom is -0.491 e. The minimum absolute atomic E-state index is 0.216. The molecule has 0 spiro atoms. The van der Waals surface area contributed by atoms with Crippen molar-refractivity contribution in [3.05, 3.63) is 88.9 Å². The quantitative estimate of drug-likeness (QED) is 0.510. The average molecular weight is 428 g/mol. The SMILES string of the molecule is O[C@@H](CNc1ccc(Br)cc1)COc1ccc(OCc2ccccc2)cc1. The lowest BCUT2D eigenvalue weighted by molar-refractivity contribution is 0.117. The summed E-state index contributed by atoms with van der Waals surface area (Å²) in [6, 6.07) is 25.2. The summed E-state index contributed by atoms with van der Waals surface area (Å²) in [5.41, 5.74) is 2.08. The van der Waals surface area contributed by atoms with E-state index in [1.54, 1.807) is 0 Å². The van der Waals surface area contributed by atoms with Crippen LogP contribution in [0.5, 0.6) is 11.5 Å². The van der Waals surface area contributed by atoms with Gasteiger partial charge in [0.15, 0.2) is 0 Å². The number of ether oxygens (including phenoxy) is 2. The van der Waals surface area contributed by atoms with E-state index >= 15 is 0 Å². The van der Waals surface area contributed by atoms with Gasteiger partial charge in [0.2, 0.25) is 0 Å². The molecule has 0 aromatic heterocycles. The number of aliphatic hydroxyl groups excluding tert-OH is 1. The standard InChI is InChI=1S/C22H22BrNO3/c23-18-6-8-19(9-7-18)24-14-20(25)16-27-22-12-10-21(11-13-22)26-15-17-4-2-1-3-5-17/h1-13,20,24-25H,14-16H2/t20-/m0/s1. The second-order valence-corrected chi connectivity index (χ2v) is 7.01. The van der Waals surface area contributed by atoms with Gasteiger partial charge in [-0.3, -0.25) is 0 Å². The van der Waals surface area contributed by atoms with E-state index in [-0.39, 0.29) is 6.61 Å². The summed E-state index contributed by atoms with van der Waals surface area (Å²) in [6.45, 7) is 1.16. The number of anilines is 1. The molecule has 4 nitrogen and oxygen atoms in total. The number of halogens is 1. The van der Waals surface area contributed by atoms with Crippen molar-refractivity contribution in [3.8, 4) is 11.5 Å². The van der Waals surface area contributed by atoms with E-state index in [1.807, 2.05) is 78.9 Å². The Labute approximate surface area is 167 Å². The first kappa shape index (κ1) is 19.3. The molecule has 1 atom stereocenters. The predicted octanol–water partition coefficient (Wildman–Crippen LogP) is 4.88. The van der Waals surface area contributed by atoms with Crippen molar-refractivity contribution >= 4 is 21.6 Å². The zero-order valence-electron chi connectivity index (χ0n) is 14.8. The zero-order chi connectivity index (χ0) is 18.9. The smallest absolute Gasteiger partial charge is 0.120 e. The Morgan fingerprint density at radius 3 is 2.11 bits per heavy atom. The van der Waals surface area contributed by atoms with Gasteiger partial charge in [-0.25, -0.2) is 0 Å². The van der Waals surface area contributed by atoms with E-state index in [4.69, 9.17) is 9.47 Å². The van der Waals surface area contributed by atoms with Gasteiger partial charge in [-0.05, 0) is 54.1 Å². The van der Waals surface area contributed by atoms with Crippen LogP contribution in [-0.2, 0) is 6.61 Å². The highest BCUT2D eigenvalue weighted by molar-refractivity contribution is 9.10. The normalized spacial score (nSPS) is 11.6. The van der Waals surface area contributed by atoms with Crippen molar-refractivity contribution in [1.82, 2.24) is 0 Å². The van der Waals surface area contributed by atoms with Crippen LogP contribution in [0.15, 0.2) is 83.3 Å². The van der Waals surface area contributed by atoms with Gasteiger partial charge in [0, 0.05) is 16.7 Å². The van der Waals surface area contributed by atoms with E-state index in [9.17, 15) is 5.11 Å². The van der Waals surface area contributed by atoms with Crippen LogP contribution in [0, 0.1) is 0 Å². The Bertz CT molecular complexity index is 807. The number of nitrogens with one attached hydrogen (secondary N) is 1. The molecule has 0 fully saturated rings. The Morgan fingerprint density at radius 2 is 1.44 bits per heavy atom. The Hall–Kier alpha value is -2.50. The average Bonchev–Trinajstić information content (AvgIpc) is 2.72. The van der Waals surface area contributed by atoms with E-state index in [0.717, 1.165) is 21.5 Å². The Morgan fingerprint density at radius 1 is 0.815 bits per heavy atom. The summed E-state index contributed by atoms with van der Waals surface area (Å²) in [5.74, 6) is 1.48. The monoisotopic (exact) mass is 427 g/mol. The van der Waals surface area contributed by atoms with Gasteiger partial charge in [-0.15, -0.1) is 0 Å². The summed E-state index contributed by atoms with van der Waals surface area (Å²) < 4.78 is 12.4. The lowest BCUT2D eigenvalue weighted by atomic mass is 10.2. The third-order valence-electron chi connectivity index (χ3n) is 3.90. The van der Waals surface area contributed by atoms with Crippen molar-refractivity contribution < 1.29 is 14.6 Å². The third-order valence-corrected chi connectivity index (χ3v) is 4.43. The first-order valence-corrected chi connectivity index (χ1v) is 9.55. The molecule has 0 aliphatic heterocycles. The maximum absolute atomic E-state index is 10.1. The van der Waals surface area contributed by atoms with E-state index in [1.165, 1.54) is 0 Å². The predicted molar refractivity (Wildman–Crippen MR) is 111 cm³/mol. The fourth-order valence-corrected chi connectivity index (χ4v) is 2.69. The van der Waals surface area contributed by atoms with Gasteiger partial charge in [0.05, 0.1) is 0 Å². The largest absolute Gasteiger partial charge is 0.491 e. The van der Waals surface area contributed by atoms with Crippen molar-refractivity contribution in [1.29, 1.82) is 0 Å². The summed E-state index contributed by atoms with van der Waals surface area (Å²) in [7, 11) is 0. The van der Waals surface area contributed by atoms with Gasteiger partial charge in [-0.2, -0.15) is 0 Å². The maximum Gasteiger partial charge on any atom is 0.120 e. The molecule has 0 amide bonds.